The minimum atomic E-state index is -1.29. The summed E-state index contributed by atoms with van der Waals surface area (Å²) in [6.45, 7) is 4.57. The molecule has 2 aliphatic rings. The van der Waals surface area contributed by atoms with E-state index in [-0.39, 0.29) is 30.6 Å². The number of hydrogen-bond acceptors (Lipinski definition) is 8. The number of ether oxygens (including phenoxy) is 2. The van der Waals surface area contributed by atoms with Gasteiger partial charge in [0.05, 0.1) is 36.4 Å². The maximum absolute atomic E-state index is 13.3. The van der Waals surface area contributed by atoms with Crippen molar-refractivity contribution in [3.8, 4) is 11.6 Å². The van der Waals surface area contributed by atoms with Crippen molar-refractivity contribution in [2.24, 2.45) is 11.7 Å². The Bertz CT molecular complexity index is 1450. The lowest BCUT2D eigenvalue weighted by Gasteiger charge is -2.44. The molecule has 3 aromatic rings. The highest BCUT2D eigenvalue weighted by atomic mass is 16.5. The number of fused-ring (bicyclic) bond motifs is 1. The normalized spacial score (nSPS) is 26.3. The average Bonchev–Trinajstić information content (AvgIpc) is 3.40. The van der Waals surface area contributed by atoms with E-state index in [2.05, 4.69) is 14.9 Å². The van der Waals surface area contributed by atoms with Gasteiger partial charge >= 0.3 is 5.97 Å². The number of benzene rings is 1. The van der Waals surface area contributed by atoms with Gasteiger partial charge in [-0.3, -0.25) is 4.79 Å². The fourth-order valence-corrected chi connectivity index (χ4v) is 6.73. The molecule has 1 aromatic carbocycles. The van der Waals surface area contributed by atoms with Crippen LogP contribution in [0.2, 0.25) is 0 Å². The molecule has 1 saturated heterocycles. The number of aromatic nitrogens is 2. The number of methoxy groups -OCH3 is 1. The van der Waals surface area contributed by atoms with Crippen molar-refractivity contribution in [3.05, 3.63) is 53.3 Å². The number of nitrogens with two attached hydrogens (primary N) is 1. The average molecular weight is 595 g/mol. The minimum Gasteiger partial charge on any atom is -0.493 e. The zero-order valence-electron chi connectivity index (χ0n) is 24.8. The van der Waals surface area contributed by atoms with Crippen LogP contribution < -0.4 is 15.2 Å². The number of carboxylic acids is 1. The highest BCUT2D eigenvalue weighted by molar-refractivity contribution is 6.05. The second-order valence-corrected chi connectivity index (χ2v) is 12.2. The lowest BCUT2D eigenvalue weighted by molar-refractivity contribution is -0.127. The van der Waals surface area contributed by atoms with Crippen LogP contribution in [-0.2, 0) is 16.6 Å². The Kier molecular flexibility index (Phi) is 8.96. The number of likely N-dealkylation sites (tertiary alicyclic amines) is 1. The number of nitrogens with one attached hydrogen (secondary N) is 1. The van der Waals surface area contributed by atoms with E-state index in [1.165, 1.54) is 0 Å². The van der Waals surface area contributed by atoms with Crippen molar-refractivity contribution < 1.29 is 34.4 Å². The van der Waals surface area contributed by atoms with Gasteiger partial charge in [-0.05, 0) is 62.1 Å². The number of carbonyl (C=O) groups excluding carboxylic acids is 1. The summed E-state index contributed by atoms with van der Waals surface area (Å²) in [7, 11) is 1.56. The molecule has 6 N–H and O–H groups in total. The number of pyridine rings is 1. The number of primary amides is 1. The Balaban J connectivity index is 1.38. The summed E-state index contributed by atoms with van der Waals surface area (Å²) in [5.41, 5.74) is 5.53. The zero-order chi connectivity index (χ0) is 30.8. The van der Waals surface area contributed by atoms with Crippen LogP contribution in [0.15, 0.2) is 36.5 Å². The molecule has 0 bridgehead atoms. The van der Waals surface area contributed by atoms with Gasteiger partial charge in [0.2, 0.25) is 11.8 Å². The number of piperidine rings is 1. The topological polar surface area (TPSA) is 171 Å². The molecule has 1 saturated carbocycles. The van der Waals surface area contributed by atoms with Gasteiger partial charge in [0.15, 0.2) is 0 Å². The van der Waals surface area contributed by atoms with Crippen LogP contribution in [0.3, 0.4) is 0 Å². The molecule has 1 aliphatic heterocycles. The summed E-state index contributed by atoms with van der Waals surface area (Å²) < 4.78 is 11.3. The molecule has 0 unspecified atom stereocenters. The van der Waals surface area contributed by atoms with Crippen LogP contribution >= 0.6 is 0 Å². The highest BCUT2D eigenvalue weighted by Gasteiger charge is 2.50. The summed E-state index contributed by atoms with van der Waals surface area (Å²) >= 11 is 0. The summed E-state index contributed by atoms with van der Waals surface area (Å²) in [5, 5.41) is 32.3. The number of aliphatic hydroxyl groups excluding tert-OH is 1. The van der Waals surface area contributed by atoms with Gasteiger partial charge in [0.25, 0.3) is 0 Å². The maximum Gasteiger partial charge on any atom is 0.352 e. The van der Waals surface area contributed by atoms with Crippen LogP contribution in [0.25, 0.3) is 10.9 Å². The first-order valence-electron chi connectivity index (χ1n) is 15.0. The van der Waals surface area contributed by atoms with E-state index >= 15 is 0 Å². The summed E-state index contributed by atoms with van der Waals surface area (Å²) in [6.07, 6.45) is 4.26. The smallest absolute Gasteiger partial charge is 0.352 e. The molecular weight excluding hydrogens is 552 g/mol. The van der Waals surface area contributed by atoms with Crippen molar-refractivity contribution in [3.63, 3.8) is 0 Å². The first kappa shape index (κ1) is 30.8. The Morgan fingerprint density at radius 2 is 1.95 bits per heavy atom. The number of hydrogen-bond donors (Lipinski definition) is 5. The fourth-order valence-electron chi connectivity index (χ4n) is 6.73. The first-order valence-corrected chi connectivity index (χ1v) is 15.0. The van der Waals surface area contributed by atoms with Crippen LogP contribution in [0.5, 0.6) is 11.6 Å². The molecule has 43 heavy (non-hydrogen) atoms. The van der Waals surface area contributed by atoms with Crippen molar-refractivity contribution in [1.82, 2.24) is 14.9 Å². The van der Waals surface area contributed by atoms with Crippen molar-refractivity contribution in [1.29, 1.82) is 0 Å². The molecule has 1 aliphatic carbocycles. The van der Waals surface area contributed by atoms with Crippen molar-refractivity contribution in [2.75, 3.05) is 33.4 Å². The molecule has 5 rings (SSSR count). The number of carboxylic acid groups (broad SMARTS) is 1. The summed E-state index contributed by atoms with van der Waals surface area (Å²) in [6, 6.07) is 8.98. The third-order valence-electron chi connectivity index (χ3n) is 9.48. The van der Waals surface area contributed by atoms with Crippen LogP contribution in [0.1, 0.15) is 67.1 Å². The molecule has 0 radical (unpaired) electrons. The Hall–Kier alpha value is -3.67. The van der Waals surface area contributed by atoms with Gasteiger partial charge in [-0.2, -0.15) is 0 Å². The maximum atomic E-state index is 13.3. The number of carbonyl (C=O) groups is 2. The lowest BCUT2D eigenvalue weighted by Crippen LogP contribution is -2.50. The SMILES string of the molecule is COc1ccc(CCOc2cccc3[nH]c(C(=O)O)c(C4(C(N)=O)CCC(O)(CCN5CC[C@H](O)[C@@H](C)C5)CC4)c23)cn1. The second kappa shape index (κ2) is 12.5. The molecule has 11 nitrogen and oxygen atoms in total. The van der Waals surface area contributed by atoms with E-state index in [9.17, 15) is 24.9 Å². The van der Waals surface area contributed by atoms with E-state index in [1.54, 1.807) is 37.6 Å². The highest BCUT2D eigenvalue weighted by Crippen LogP contribution is 2.49. The van der Waals surface area contributed by atoms with Crippen molar-refractivity contribution in [2.45, 2.75) is 69.0 Å². The van der Waals surface area contributed by atoms with E-state index in [4.69, 9.17) is 15.2 Å². The van der Waals surface area contributed by atoms with Gasteiger partial charge in [-0.25, -0.2) is 9.78 Å². The molecular formula is C32H42N4O7. The Morgan fingerprint density at radius 3 is 2.58 bits per heavy atom. The number of aromatic amines is 1. The number of nitrogens with zero attached hydrogens (tertiary/aromatic N) is 2. The molecule has 1 amide bonds. The Labute approximate surface area is 251 Å². The third kappa shape index (κ3) is 6.34. The molecule has 2 atom stereocenters. The van der Waals surface area contributed by atoms with Crippen LogP contribution in [0, 0.1) is 5.92 Å². The van der Waals surface area contributed by atoms with E-state index < -0.39 is 22.9 Å². The van der Waals surface area contributed by atoms with Crippen molar-refractivity contribution >= 4 is 22.8 Å². The standard InChI is InChI=1S/C32H42N4O7/c1-20-19-36(15-8-23(20)37)16-14-31(41)10-12-32(13-11-31,30(33)40)27-26-22(35-28(27)29(38)39)4-3-5-24(26)43-17-9-21-6-7-25(42-2)34-18-21/h3-7,18,20,23,35,37,41H,8-17,19H2,1-2H3,(H2,33,40)(H,38,39)/t20-,23-,31?,32?/m0/s1. The minimum absolute atomic E-state index is 0.0875. The molecule has 0 spiro atoms. The van der Waals surface area contributed by atoms with Crippen LogP contribution in [0.4, 0.5) is 0 Å². The monoisotopic (exact) mass is 594 g/mol. The number of H-pyrrole nitrogens is 1. The van der Waals surface area contributed by atoms with Gasteiger partial charge in [0.1, 0.15) is 11.4 Å². The molecule has 11 heteroatoms. The second-order valence-electron chi connectivity index (χ2n) is 12.2. The Morgan fingerprint density at radius 1 is 1.19 bits per heavy atom. The number of aliphatic hydroxyl groups is 2. The lowest BCUT2D eigenvalue weighted by atomic mass is 9.63. The predicted octanol–water partition coefficient (Wildman–Crippen LogP) is 3.01. The molecule has 3 heterocycles. The molecule has 2 aromatic heterocycles. The summed E-state index contributed by atoms with van der Waals surface area (Å²) in [5.74, 6) is -0.650. The number of rotatable bonds is 11. The van der Waals surface area contributed by atoms with Gasteiger partial charge in [0, 0.05) is 49.3 Å². The van der Waals surface area contributed by atoms with Gasteiger partial charge in [-0.15, -0.1) is 0 Å². The predicted molar refractivity (Wildman–Crippen MR) is 160 cm³/mol. The van der Waals surface area contributed by atoms with Gasteiger partial charge < -0.3 is 40.4 Å². The number of amides is 1. The largest absolute Gasteiger partial charge is 0.493 e. The third-order valence-corrected chi connectivity index (χ3v) is 9.48. The first-order chi connectivity index (χ1) is 20.5. The van der Waals surface area contributed by atoms with Gasteiger partial charge in [-0.1, -0.05) is 19.1 Å². The summed E-state index contributed by atoms with van der Waals surface area (Å²) in [4.78, 5) is 35.3. The molecule has 2 fully saturated rings. The molecule has 232 valence electrons. The van der Waals surface area contributed by atoms with E-state index in [0.717, 1.165) is 18.7 Å². The number of aromatic carboxylic acids is 1. The fraction of sp³-hybridized carbons (Fsp3) is 0.531. The van der Waals surface area contributed by atoms with E-state index in [0.29, 0.717) is 73.4 Å². The quantitative estimate of drug-likeness (QED) is 0.224. The zero-order valence-corrected chi connectivity index (χ0v) is 24.8. The van der Waals surface area contributed by atoms with E-state index in [1.807, 2.05) is 13.0 Å². The van der Waals surface area contributed by atoms with Crippen LogP contribution in [-0.4, -0.2) is 87.1 Å².